The largest absolute Gasteiger partial charge is 0.480 e. The van der Waals surface area contributed by atoms with Crippen molar-refractivity contribution in [2.75, 3.05) is 0 Å². The van der Waals surface area contributed by atoms with Crippen molar-refractivity contribution < 1.29 is 18.3 Å². The maximum Gasteiger partial charge on any atom is 0.325 e. The van der Waals surface area contributed by atoms with Crippen LogP contribution in [0.2, 0.25) is 0 Å². The summed E-state index contributed by atoms with van der Waals surface area (Å²) in [7, 11) is -4.05. The van der Waals surface area contributed by atoms with Gasteiger partial charge in [-0.15, -0.1) is 0 Å². The van der Waals surface area contributed by atoms with Gasteiger partial charge in [-0.05, 0) is 25.7 Å². The first-order chi connectivity index (χ1) is 9.69. The van der Waals surface area contributed by atoms with Gasteiger partial charge in [0.05, 0.1) is 0 Å². The highest BCUT2D eigenvalue weighted by Gasteiger charge is 2.48. The molecule has 9 heteroatoms. The predicted molar refractivity (Wildman–Crippen MR) is 78.0 cm³/mol. The first-order valence-corrected chi connectivity index (χ1v) is 8.96. The van der Waals surface area contributed by atoms with Gasteiger partial charge < -0.3 is 10.1 Å². The van der Waals surface area contributed by atoms with Crippen LogP contribution in [0.5, 0.6) is 0 Å². The number of aryl methyl sites for hydroxylation is 1. The Hall–Kier alpha value is -1.19. The van der Waals surface area contributed by atoms with E-state index in [1.807, 2.05) is 0 Å². The second-order valence-electron chi connectivity index (χ2n) is 5.46. The standard InChI is InChI=1S/C12H18N2O5S2/c1-7-5-3-4-6-12(7,10(15)16)14-21(18,19)9-8(2)13-11(17)20-9/h7,14H,3-6H2,1-2H3,(H,13,17)(H,15,16). The molecule has 1 aliphatic carbocycles. The molecule has 3 N–H and O–H groups in total. The summed E-state index contributed by atoms with van der Waals surface area (Å²) in [6.45, 7) is 3.21. The average Bonchev–Trinajstić information content (AvgIpc) is 2.72. The second kappa shape index (κ2) is 5.54. The lowest BCUT2D eigenvalue weighted by molar-refractivity contribution is -0.147. The molecule has 1 aromatic rings. The van der Waals surface area contributed by atoms with E-state index in [-0.39, 0.29) is 22.2 Å². The molecule has 118 valence electrons. The van der Waals surface area contributed by atoms with Gasteiger partial charge in [0.1, 0.15) is 5.54 Å². The van der Waals surface area contributed by atoms with E-state index in [0.29, 0.717) is 24.2 Å². The molecule has 0 saturated heterocycles. The van der Waals surface area contributed by atoms with Crippen LogP contribution in [0.1, 0.15) is 38.3 Å². The third-order valence-corrected chi connectivity index (χ3v) is 7.14. The summed E-state index contributed by atoms with van der Waals surface area (Å²) in [5.74, 6) is -1.48. The van der Waals surface area contributed by atoms with Crippen molar-refractivity contribution in [3.05, 3.63) is 15.4 Å². The zero-order chi connectivity index (χ0) is 15.8. The number of sulfonamides is 1. The van der Waals surface area contributed by atoms with Crippen LogP contribution in [0, 0.1) is 12.8 Å². The van der Waals surface area contributed by atoms with Crippen LogP contribution in [0.4, 0.5) is 0 Å². The lowest BCUT2D eigenvalue weighted by atomic mass is 9.74. The number of nitrogens with one attached hydrogen (secondary N) is 2. The number of aromatic amines is 1. The molecule has 0 amide bonds. The Kier molecular flexibility index (Phi) is 4.27. The van der Waals surface area contributed by atoms with Crippen LogP contribution in [-0.2, 0) is 14.8 Å². The van der Waals surface area contributed by atoms with Gasteiger partial charge in [0.15, 0.2) is 4.21 Å². The van der Waals surface area contributed by atoms with Gasteiger partial charge >= 0.3 is 10.8 Å². The fraction of sp³-hybridized carbons (Fsp3) is 0.667. The second-order valence-corrected chi connectivity index (χ2v) is 8.32. The van der Waals surface area contributed by atoms with Crippen LogP contribution < -0.4 is 9.60 Å². The van der Waals surface area contributed by atoms with E-state index < -0.39 is 26.4 Å². The molecule has 2 atom stereocenters. The molecule has 1 saturated carbocycles. The number of H-pyrrole nitrogens is 1. The maximum absolute atomic E-state index is 12.5. The highest BCUT2D eigenvalue weighted by Crippen LogP contribution is 2.35. The Labute approximate surface area is 126 Å². The number of carboxylic acid groups (broad SMARTS) is 1. The van der Waals surface area contributed by atoms with Gasteiger partial charge in [-0.2, -0.15) is 4.72 Å². The normalized spacial score (nSPS) is 26.7. The number of aliphatic carboxylic acids is 1. The molecule has 0 radical (unpaired) electrons. The molecule has 2 unspecified atom stereocenters. The van der Waals surface area contributed by atoms with Crippen molar-refractivity contribution in [2.24, 2.45) is 5.92 Å². The highest BCUT2D eigenvalue weighted by atomic mass is 32.2. The lowest BCUT2D eigenvalue weighted by Crippen LogP contribution is -2.59. The average molecular weight is 334 g/mol. The molecule has 1 aliphatic rings. The summed E-state index contributed by atoms with van der Waals surface area (Å²) in [5.41, 5.74) is -1.28. The lowest BCUT2D eigenvalue weighted by Gasteiger charge is -2.39. The third kappa shape index (κ3) is 2.90. The topological polar surface area (TPSA) is 116 Å². The summed E-state index contributed by atoms with van der Waals surface area (Å²) in [6.07, 6.45) is 2.44. The van der Waals surface area contributed by atoms with Crippen LogP contribution in [0.25, 0.3) is 0 Å². The molecule has 0 aromatic carbocycles. The zero-order valence-corrected chi connectivity index (χ0v) is 13.4. The number of rotatable bonds is 4. The van der Waals surface area contributed by atoms with Crippen molar-refractivity contribution >= 4 is 27.3 Å². The van der Waals surface area contributed by atoms with Gasteiger partial charge in [0.25, 0.3) is 10.0 Å². The highest BCUT2D eigenvalue weighted by molar-refractivity contribution is 7.91. The third-order valence-electron chi connectivity index (χ3n) is 4.02. The fourth-order valence-electron chi connectivity index (χ4n) is 2.79. The summed E-state index contributed by atoms with van der Waals surface area (Å²) < 4.78 is 27.1. The Morgan fingerprint density at radius 3 is 2.62 bits per heavy atom. The Bertz CT molecular complexity index is 705. The minimum atomic E-state index is -4.05. The van der Waals surface area contributed by atoms with Crippen molar-refractivity contribution in [1.82, 2.24) is 9.71 Å². The molecule has 1 heterocycles. The summed E-state index contributed by atoms with van der Waals surface area (Å²) in [6, 6.07) is 0. The minimum absolute atomic E-state index is 0.147. The SMILES string of the molecule is Cc1[nH]c(=O)sc1S(=O)(=O)NC1(C(=O)O)CCCCC1C. The fourth-order valence-corrected chi connectivity index (χ4v) is 5.58. The van der Waals surface area contributed by atoms with E-state index in [1.54, 1.807) is 6.92 Å². The number of thiazole rings is 1. The molecule has 2 rings (SSSR count). The molecule has 21 heavy (non-hydrogen) atoms. The molecular formula is C12H18N2O5S2. The van der Waals surface area contributed by atoms with Crippen molar-refractivity contribution in [2.45, 2.75) is 49.3 Å². The molecular weight excluding hydrogens is 316 g/mol. The van der Waals surface area contributed by atoms with E-state index in [2.05, 4.69) is 9.71 Å². The van der Waals surface area contributed by atoms with Crippen molar-refractivity contribution in [1.29, 1.82) is 0 Å². The first kappa shape index (κ1) is 16.2. The maximum atomic E-state index is 12.5. The van der Waals surface area contributed by atoms with Gasteiger partial charge in [0, 0.05) is 5.69 Å². The minimum Gasteiger partial charge on any atom is -0.480 e. The van der Waals surface area contributed by atoms with Crippen LogP contribution in [0.15, 0.2) is 9.00 Å². The van der Waals surface area contributed by atoms with Crippen molar-refractivity contribution in [3.63, 3.8) is 0 Å². The number of hydrogen-bond acceptors (Lipinski definition) is 5. The Balaban J connectivity index is 2.43. The molecule has 0 spiro atoms. The molecule has 1 aromatic heterocycles. The smallest absolute Gasteiger partial charge is 0.325 e. The van der Waals surface area contributed by atoms with E-state index in [1.165, 1.54) is 6.92 Å². The molecule has 1 fully saturated rings. The molecule has 0 aliphatic heterocycles. The molecule has 0 bridgehead atoms. The number of carbonyl (C=O) groups is 1. The number of aromatic nitrogens is 1. The van der Waals surface area contributed by atoms with Crippen molar-refractivity contribution in [3.8, 4) is 0 Å². The van der Waals surface area contributed by atoms with Crippen LogP contribution >= 0.6 is 11.3 Å². The first-order valence-electron chi connectivity index (χ1n) is 6.66. The predicted octanol–water partition coefficient (Wildman–Crippen LogP) is 1.06. The van der Waals surface area contributed by atoms with E-state index >= 15 is 0 Å². The Morgan fingerprint density at radius 2 is 2.14 bits per heavy atom. The quantitative estimate of drug-likeness (QED) is 0.761. The van der Waals surface area contributed by atoms with Crippen LogP contribution in [0.3, 0.4) is 0 Å². The van der Waals surface area contributed by atoms with Gasteiger partial charge in [0.2, 0.25) is 0 Å². The summed E-state index contributed by atoms with van der Waals surface area (Å²) in [5, 5.41) is 9.55. The monoisotopic (exact) mass is 334 g/mol. The molecule has 7 nitrogen and oxygen atoms in total. The van der Waals surface area contributed by atoms with Crippen LogP contribution in [-0.4, -0.2) is 30.0 Å². The van der Waals surface area contributed by atoms with E-state index in [0.717, 1.165) is 6.42 Å². The van der Waals surface area contributed by atoms with Gasteiger partial charge in [-0.25, -0.2) is 8.42 Å². The Morgan fingerprint density at radius 1 is 1.48 bits per heavy atom. The van der Waals surface area contributed by atoms with Gasteiger partial charge in [-0.1, -0.05) is 31.1 Å². The summed E-state index contributed by atoms with van der Waals surface area (Å²) >= 11 is 0.567. The van der Waals surface area contributed by atoms with E-state index in [9.17, 15) is 23.1 Å². The van der Waals surface area contributed by atoms with E-state index in [4.69, 9.17) is 0 Å². The number of carboxylic acids is 1. The number of hydrogen-bond donors (Lipinski definition) is 3. The van der Waals surface area contributed by atoms with Gasteiger partial charge in [-0.3, -0.25) is 9.59 Å². The summed E-state index contributed by atoms with van der Waals surface area (Å²) in [4.78, 5) is 24.9. The zero-order valence-electron chi connectivity index (χ0n) is 11.8.